The quantitative estimate of drug-likeness (QED) is 0.530. The van der Waals surface area contributed by atoms with Gasteiger partial charge in [0, 0.05) is 23.7 Å². The number of aromatic nitrogens is 7. The second kappa shape index (κ2) is 7.47. The third-order valence-corrected chi connectivity index (χ3v) is 4.51. The van der Waals surface area contributed by atoms with E-state index in [2.05, 4.69) is 32.5 Å². The predicted octanol–water partition coefficient (Wildman–Crippen LogP) is 1.92. The van der Waals surface area contributed by atoms with Crippen molar-refractivity contribution < 1.29 is 5.11 Å². The van der Waals surface area contributed by atoms with Gasteiger partial charge in [0.05, 0.1) is 17.9 Å². The highest BCUT2D eigenvalue weighted by molar-refractivity contribution is 5.56. The smallest absolute Gasteiger partial charge is 0.333 e. The largest absolute Gasteiger partial charge is 0.506 e. The lowest BCUT2D eigenvalue weighted by atomic mass is 10.1. The van der Waals surface area contributed by atoms with Gasteiger partial charge in [-0.2, -0.15) is 0 Å². The summed E-state index contributed by atoms with van der Waals surface area (Å²) in [5.41, 5.74) is 2.48. The van der Waals surface area contributed by atoms with Crippen molar-refractivity contribution in [3.8, 4) is 22.8 Å². The average molecular weight is 377 g/mol. The predicted molar refractivity (Wildman–Crippen MR) is 102 cm³/mol. The second-order valence-electron chi connectivity index (χ2n) is 6.35. The van der Waals surface area contributed by atoms with E-state index in [1.807, 2.05) is 6.07 Å². The first kappa shape index (κ1) is 17.7. The Morgan fingerprint density at radius 3 is 2.79 bits per heavy atom. The minimum Gasteiger partial charge on any atom is -0.506 e. The number of pyridine rings is 1. The number of hydrogen-bond donors (Lipinski definition) is 2. The number of tetrazole rings is 1. The number of aromatic hydroxyl groups is 1. The van der Waals surface area contributed by atoms with Crippen LogP contribution in [0.1, 0.15) is 24.7 Å². The van der Waals surface area contributed by atoms with E-state index in [1.54, 1.807) is 47.3 Å². The van der Waals surface area contributed by atoms with Crippen LogP contribution >= 0.6 is 0 Å². The number of imidazole rings is 1. The van der Waals surface area contributed by atoms with Crippen LogP contribution in [0.5, 0.6) is 5.75 Å². The van der Waals surface area contributed by atoms with Crippen LogP contribution in [0.3, 0.4) is 0 Å². The number of hydrogen-bond acceptors (Lipinski definition) is 6. The van der Waals surface area contributed by atoms with Crippen molar-refractivity contribution in [3.63, 3.8) is 0 Å². The van der Waals surface area contributed by atoms with Gasteiger partial charge in [0.15, 0.2) is 5.82 Å². The summed E-state index contributed by atoms with van der Waals surface area (Å²) in [6.07, 6.45) is 5.06. The number of para-hydroxylation sites is 2. The molecule has 9 heteroatoms. The number of phenols is 1. The van der Waals surface area contributed by atoms with Gasteiger partial charge in [0.1, 0.15) is 5.75 Å². The summed E-state index contributed by atoms with van der Waals surface area (Å²) in [4.78, 5) is 17.6. The molecule has 3 aromatic heterocycles. The topological polar surface area (TPSA) is 115 Å². The summed E-state index contributed by atoms with van der Waals surface area (Å²) in [5.74, 6) is 0.546. The summed E-state index contributed by atoms with van der Waals surface area (Å²) in [6, 6.07) is 10.4. The zero-order valence-corrected chi connectivity index (χ0v) is 15.3. The number of rotatable bonds is 6. The zero-order chi connectivity index (χ0) is 19.5. The molecular weight excluding hydrogens is 358 g/mol. The molecule has 0 aliphatic carbocycles. The highest BCUT2D eigenvalue weighted by atomic mass is 16.3. The number of H-pyrrole nitrogens is 1. The van der Waals surface area contributed by atoms with Crippen molar-refractivity contribution in [2.75, 3.05) is 0 Å². The van der Waals surface area contributed by atoms with Gasteiger partial charge in [-0.15, -0.1) is 5.10 Å². The molecule has 0 atom stereocenters. The van der Waals surface area contributed by atoms with Crippen molar-refractivity contribution >= 4 is 0 Å². The molecule has 0 spiro atoms. The SMILES string of the molecule is CCCc1cn(-c2ccccc2O)c(=O)n1Cc1ncccc1-c1nnn[nH]1. The lowest BCUT2D eigenvalue weighted by molar-refractivity contribution is 0.471. The lowest BCUT2D eigenvalue weighted by Crippen LogP contribution is -2.25. The molecule has 4 rings (SSSR count). The zero-order valence-electron chi connectivity index (χ0n) is 15.3. The van der Waals surface area contributed by atoms with E-state index in [-0.39, 0.29) is 18.0 Å². The summed E-state index contributed by atoms with van der Waals surface area (Å²) >= 11 is 0. The average Bonchev–Trinajstić information content (AvgIpc) is 3.34. The molecule has 0 saturated carbocycles. The van der Waals surface area contributed by atoms with Gasteiger partial charge in [0.2, 0.25) is 0 Å². The van der Waals surface area contributed by atoms with E-state index in [4.69, 9.17) is 0 Å². The maximum atomic E-state index is 13.2. The standard InChI is InChI=1S/C19H19N7O2/c1-2-6-13-11-26(16-8-3-4-9-17(16)27)19(28)25(13)12-15-14(7-5-10-20-15)18-21-23-24-22-18/h3-5,7-11,27H,2,6,12H2,1H3,(H,21,22,23,24). The Morgan fingerprint density at radius 1 is 1.18 bits per heavy atom. The molecule has 0 radical (unpaired) electrons. The molecule has 0 unspecified atom stereocenters. The minimum absolute atomic E-state index is 0.0519. The van der Waals surface area contributed by atoms with Crippen molar-refractivity contribution in [2.45, 2.75) is 26.3 Å². The molecule has 0 saturated heterocycles. The fraction of sp³-hybridized carbons (Fsp3) is 0.211. The minimum atomic E-state index is -0.239. The molecule has 0 aliphatic rings. The highest BCUT2D eigenvalue weighted by Gasteiger charge is 2.17. The van der Waals surface area contributed by atoms with Crippen molar-refractivity contribution in [1.82, 2.24) is 34.7 Å². The van der Waals surface area contributed by atoms with Crippen molar-refractivity contribution in [1.29, 1.82) is 0 Å². The van der Waals surface area contributed by atoms with Gasteiger partial charge in [-0.3, -0.25) is 14.1 Å². The van der Waals surface area contributed by atoms with Crippen LogP contribution in [-0.4, -0.2) is 39.8 Å². The number of nitrogens with one attached hydrogen (secondary N) is 1. The highest BCUT2D eigenvalue weighted by Crippen LogP contribution is 2.22. The van der Waals surface area contributed by atoms with Gasteiger partial charge in [0.25, 0.3) is 0 Å². The molecule has 4 aromatic rings. The molecular formula is C19H19N7O2. The van der Waals surface area contributed by atoms with Crippen LogP contribution in [0.25, 0.3) is 17.1 Å². The summed E-state index contributed by atoms with van der Waals surface area (Å²) < 4.78 is 3.14. The first-order chi connectivity index (χ1) is 13.7. The van der Waals surface area contributed by atoms with Crippen molar-refractivity contribution in [2.24, 2.45) is 0 Å². The number of benzene rings is 1. The van der Waals surface area contributed by atoms with Crippen LogP contribution in [0.15, 0.2) is 53.6 Å². The maximum Gasteiger partial charge on any atom is 0.333 e. The Labute approximate surface area is 160 Å². The third kappa shape index (κ3) is 3.18. The second-order valence-corrected chi connectivity index (χ2v) is 6.35. The van der Waals surface area contributed by atoms with E-state index < -0.39 is 0 Å². The van der Waals surface area contributed by atoms with Crippen LogP contribution in [0.4, 0.5) is 0 Å². The fourth-order valence-electron chi connectivity index (χ4n) is 3.19. The first-order valence-electron chi connectivity index (χ1n) is 8.96. The van der Waals surface area contributed by atoms with Crippen molar-refractivity contribution in [3.05, 3.63) is 70.7 Å². The Hall–Kier alpha value is -3.75. The number of aryl methyl sites for hydroxylation is 1. The van der Waals surface area contributed by atoms with Gasteiger partial charge in [-0.25, -0.2) is 9.89 Å². The Kier molecular flexibility index (Phi) is 4.71. The molecule has 0 fully saturated rings. The molecule has 0 bridgehead atoms. The van der Waals surface area contributed by atoms with Gasteiger partial charge in [-0.1, -0.05) is 25.5 Å². The number of aromatic amines is 1. The fourth-order valence-corrected chi connectivity index (χ4v) is 3.19. The Bertz CT molecular complexity index is 1150. The summed E-state index contributed by atoms with van der Waals surface area (Å²) in [5, 5.41) is 24.1. The first-order valence-corrected chi connectivity index (χ1v) is 8.96. The molecule has 0 aliphatic heterocycles. The summed E-state index contributed by atoms with van der Waals surface area (Å²) in [6.45, 7) is 2.32. The van der Waals surface area contributed by atoms with E-state index in [0.29, 0.717) is 17.2 Å². The molecule has 2 N–H and O–H groups in total. The maximum absolute atomic E-state index is 13.2. The van der Waals surface area contributed by atoms with Gasteiger partial charge < -0.3 is 5.11 Å². The Morgan fingerprint density at radius 2 is 2.04 bits per heavy atom. The Balaban J connectivity index is 1.81. The lowest BCUT2D eigenvalue weighted by Gasteiger charge is -2.09. The molecule has 0 amide bonds. The molecule has 28 heavy (non-hydrogen) atoms. The van der Waals surface area contributed by atoms with Crippen LogP contribution in [0.2, 0.25) is 0 Å². The van der Waals surface area contributed by atoms with E-state index in [9.17, 15) is 9.90 Å². The van der Waals surface area contributed by atoms with Gasteiger partial charge >= 0.3 is 5.69 Å². The number of nitrogens with zero attached hydrogens (tertiary/aromatic N) is 6. The van der Waals surface area contributed by atoms with Gasteiger partial charge in [-0.05, 0) is 41.1 Å². The molecule has 142 valence electrons. The van der Waals surface area contributed by atoms with Crippen LogP contribution < -0.4 is 5.69 Å². The molecule has 1 aromatic carbocycles. The monoisotopic (exact) mass is 377 g/mol. The van der Waals surface area contributed by atoms with E-state index in [0.717, 1.165) is 24.1 Å². The van der Waals surface area contributed by atoms with E-state index in [1.165, 1.54) is 4.57 Å². The molecule has 3 heterocycles. The van der Waals surface area contributed by atoms with Crippen LogP contribution in [-0.2, 0) is 13.0 Å². The molecule has 9 nitrogen and oxygen atoms in total. The van der Waals surface area contributed by atoms with E-state index >= 15 is 0 Å². The normalized spacial score (nSPS) is 11.0. The van der Waals surface area contributed by atoms with Crippen LogP contribution in [0, 0.1) is 0 Å². The number of phenolic OH excluding ortho intramolecular Hbond substituents is 1. The summed E-state index contributed by atoms with van der Waals surface area (Å²) in [7, 11) is 0. The third-order valence-electron chi connectivity index (χ3n) is 4.51.